The summed E-state index contributed by atoms with van der Waals surface area (Å²) in [6.07, 6.45) is -21.0. The number of rotatable bonds is 8. The molecule has 2 saturated heterocycles. The molecule has 109 heavy (non-hydrogen) atoms. The average Bonchev–Trinajstić information content (AvgIpc) is 0.759. The van der Waals surface area contributed by atoms with Crippen LogP contribution >= 0.6 is 23.2 Å². The second-order valence-electron chi connectivity index (χ2n) is 26.3. The molecule has 15 rings (SSSR count). The van der Waals surface area contributed by atoms with E-state index in [-0.39, 0.29) is 50.9 Å². The lowest BCUT2D eigenvalue weighted by atomic mass is 9.89. The highest BCUT2D eigenvalue weighted by Crippen LogP contribution is 2.49. The van der Waals surface area contributed by atoms with Crippen LogP contribution in [0.3, 0.4) is 0 Å². The number of ether oxygens (including phenoxy) is 7. The van der Waals surface area contributed by atoms with E-state index in [1.165, 1.54) is 42.5 Å². The number of benzene rings is 7. The molecule has 7 amide bonds. The van der Waals surface area contributed by atoms with E-state index in [2.05, 4.69) is 37.2 Å². The van der Waals surface area contributed by atoms with Gasteiger partial charge in [0, 0.05) is 42.2 Å². The van der Waals surface area contributed by atoms with Crippen molar-refractivity contribution in [2.24, 2.45) is 0 Å². The number of fused-ring (bicyclic) bond motifs is 14. The molecule has 0 unspecified atom stereocenters. The van der Waals surface area contributed by atoms with Crippen LogP contribution in [0.25, 0.3) is 11.1 Å². The lowest BCUT2D eigenvalue weighted by Gasteiger charge is -2.44. The zero-order chi connectivity index (χ0) is 77.9. The maximum absolute atomic E-state index is 16.4. The van der Waals surface area contributed by atoms with Crippen molar-refractivity contribution in [2.75, 3.05) is 13.2 Å². The lowest BCUT2D eigenvalue weighted by Crippen LogP contribution is -2.65. The van der Waals surface area contributed by atoms with Crippen LogP contribution in [-0.4, -0.2) is 200 Å². The minimum atomic E-state index is -2.50. The number of carboxylic acids is 1. The summed E-state index contributed by atoms with van der Waals surface area (Å²) >= 11 is 14.1. The number of aromatic hydroxyl groups is 5. The van der Waals surface area contributed by atoms with E-state index in [0.717, 1.165) is 79.7 Å². The van der Waals surface area contributed by atoms with E-state index >= 15 is 24.0 Å². The molecule has 37 heteroatoms. The van der Waals surface area contributed by atoms with E-state index in [1.807, 2.05) is 0 Å². The van der Waals surface area contributed by atoms with Crippen LogP contribution in [0, 0.1) is 0 Å². The standard InChI is InChI=1S/C72H67Cl2N7O28/c1-25(84)75-56-61(93)59(91)48(23-82)107-71(56)109-64-29-5-9-43(38(74)17-29)105-47-19-31-18-46(58(47)90)104-42-8-3-26(10-37(42)73)11-39-65(96)77-53(30-14-32(85)20-34(15-30)103-44-12-27(2-6-41(44)88)13-50(89)76-39)67(98)79-54(31)68(99)78-52-28-4-7-40(87)35(16-28)51-36(55(70(101)102)80-69(100)57(64)81-66(52)97)21-33(86)22-45(51)106-72-63(95)62(94)60(92)49(24-83)108-72/h2-10,12,14-22,39,48-49,52-57,59-64,71-72,82-83,85-88,90-95H,11,13,23-24H2,1H3,(H,75,84)(H,76,89)(H,77,96)(H,78,99)(H,79,98)(H,80,100)(H,81,97)(H,101,102)/t39-,48+,49-,52-,53+,54-,55+,56+,57+,59-,60-,61-,62-,63+,64-,71+,72+/m1/s1. The SMILES string of the molecule is CC(=O)N[C@@H]1[C@H](O[C@@H]2c3ccc(c(Cl)c3)Oc3cc4cc(c3O)Oc3ccc(cc3Cl)C[C@H]3NC(=O)Cc5ccc(O)c(c5)Oc5cc(O)cc(c5)[C@H](NC3=O)C(=O)N[C@H]4C(=O)N[C@H]3C(=O)N[C@@H]2C(=O)N[C@H](C(=O)O)c2cc(O)cc(O[C@H]4O[C@H](CO)[C@@H](O)[C@@H](O)[C@@H]4O)c2-c2cc3ccc2O)O[C@@H](CO)[C@@H](O)[C@@H]1O. The highest BCUT2D eigenvalue weighted by molar-refractivity contribution is 6.32. The van der Waals surface area contributed by atoms with Gasteiger partial charge in [0.2, 0.25) is 53.4 Å². The number of aliphatic hydroxyl groups excluding tert-OH is 7. The Morgan fingerprint density at radius 2 is 1.12 bits per heavy atom. The van der Waals surface area contributed by atoms with Crippen molar-refractivity contribution < 1.29 is 138 Å². The number of carbonyl (C=O) groups is 8. The fraction of sp³-hybridized carbons (Fsp3) is 0.306. The van der Waals surface area contributed by atoms with Gasteiger partial charge in [-0.3, -0.25) is 33.6 Å². The van der Waals surface area contributed by atoms with Gasteiger partial charge in [-0.2, -0.15) is 0 Å². The van der Waals surface area contributed by atoms with Gasteiger partial charge in [0.1, 0.15) is 125 Å². The third-order valence-electron chi connectivity index (χ3n) is 18.8. The first-order valence-corrected chi connectivity index (χ1v) is 34.1. The van der Waals surface area contributed by atoms with Crippen molar-refractivity contribution in [2.45, 2.75) is 123 Å². The summed E-state index contributed by atoms with van der Waals surface area (Å²) in [5, 5.41) is 163. The van der Waals surface area contributed by atoms with Gasteiger partial charge >= 0.3 is 5.97 Å². The molecule has 17 atom stereocenters. The molecule has 20 N–H and O–H groups in total. The number of halogens is 2. The summed E-state index contributed by atoms with van der Waals surface area (Å²) in [6.45, 7) is -1.04. The van der Waals surface area contributed by atoms with Crippen LogP contribution in [-0.2, 0) is 65.4 Å². The van der Waals surface area contributed by atoms with Crippen molar-refractivity contribution in [3.63, 3.8) is 0 Å². The largest absolute Gasteiger partial charge is 0.508 e. The molecule has 0 saturated carbocycles. The first-order valence-electron chi connectivity index (χ1n) is 33.3. The second-order valence-corrected chi connectivity index (χ2v) is 27.1. The molecule has 0 aromatic heterocycles. The molecule has 8 aliphatic rings. The number of carbonyl (C=O) groups excluding carboxylic acids is 7. The topological polar surface area (TPSA) is 548 Å². The molecule has 7 aromatic rings. The van der Waals surface area contributed by atoms with Crippen LogP contribution < -0.4 is 56.2 Å². The first kappa shape index (κ1) is 75.9. The number of carboxylic acid groups (broad SMARTS) is 1. The van der Waals surface area contributed by atoms with E-state index in [0.29, 0.717) is 0 Å². The lowest BCUT2D eigenvalue weighted by molar-refractivity contribution is -0.284. The highest BCUT2D eigenvalue weighted by Gasteiger charge is 2.50. The summed E-state index contributed by atoms with van der Waals surface area (Å²) in [6, 6.07) is 5.97. The maximum atomic E-state index is 16.4. The number of phenolic OH excluding ortho intramolecular Hbond substituents is 5. The van der Waals surface area contributed by atoms with Crippen molar-refractivity contribution in [3.05, 3.63) is 164 Å². The first-order chi connectivity index (χ1) is 51.9. The molecule has 572 valence electrons. The van der Waals surface area contributed by atoms with Gasteiger partial charge in [-0.25, -0.2) is 4.79 Å². The Bertz CT molecular complexity index is 4840. The fourth-order valence-corrected chi connectivity index (χ4v) is 13.9. The van der Waals surface area contributed by atoms with E-state index in [4.69, 9.17) is 56.4 Å². The smallest absolute Gasteiger partial charge is 0.330 e. The quantitative estimate of drug-likeness (QED) is 0.101. The van der Waals surface area contributed by atoms with Crippen LogP contribution in [0.1, 0.15) is 76.1 Å². The van der Waals surface area contributed by atoms with Crippen molar-refractivity contribution in [3.8, 4) is 80.1 Å². The molecule has 8 aliphatic heterocycles. The van der Waals surface area contributed by atoms with Gasteiger partial charge in [0.25, 0.3) is 0 Å². The predicted molar refractivity (Wildman–Crippen MR) is 369 cm³/mol. The van der Waals surface area contributed by atoms with Crippen LogP contribution in [0.5, 0.6) is 69.0 Å². The molecule has 0 aliphatic carbocycles. The van der Waals surface area contributed by atoms with Gasteiger partial charge in [0.05, 0.1) is 29.7 Å². The zero-order valence-corrected chi connectivity index (χ0v) is 57.8. The monoisotopic (exact) mass is 1550 g/mol. The number of nitrogens with one attached hydrogen (secondary N) is 7. The van der Waals surface area contributed by atoms with Crippen molar-refractivity contribution in [1.82, 2.24) is 37.2 Å². The summed E-state index contributed by atoms with van der Waals surface area (Å²) in [5.41, 5.74) is -2.90. The van der Waals surface area contributed by atoms with Gasteiger partial charge in [-0.05, 0) is 112 Å². The molecular formula is C72H67Cl2N7O28. The number of aliphatic carboxylic acids is 1. The molecule has 35 nitrogen and oxygen atoms in total. The van der Waals surface area contributed by atoms with E-state index < -0.39 is 255 Å². The Morgan fingerprint density at radius 3 is 1.77 bits per heavy atom. The van der Waals surface area contributed by atoms with E-state index in [9.17, 15) is 80.8 Å². The average molecular weight is 1550 g/mol. The molecule has 17 bridgehead atoms. The summed E-state index contributed by atoms with van der Waals surface area (Å²) in [7, 11) is 0. The van der Waals surface area contributed by atoms with Crippen LogP contribution in [0.4, 0.5) is 0 Å². The molecule has 2 fully saturated rings. The van der Waals surface area contributed by atoms with Crippen LogP contribution in [0.2, 0.25) is 10.0 Å². The third-order valence-corrected chi connectivity index (χ3v) is 19.4. The Labute approximate surface area is 624 Å². The Morgan fingerprint density at radius 1 is 0.532 bits per heavy atom. The molecule has 0 radical (unpaired) electrons. The molecule has 8 heterocycles. The minimum Gasteiger partial charge on any atom is -0.508 e. The molecule has 7 aromatic carbocycles. The molecule has 0 spiro atoms. The third kappa shape index (κ3) is 15.5. The highest BCUT2D eigenvalue weighted by atomic mass is 35.5. The predicted octanol–water partition coefficient (Wildman–Crippen LogP) is 0.969. The van der Waals surface area contributed by atoms with Crippen molar-refractivity contribution >= 4 is 70.5 Å². The Balaban J connectivity index is 1.05. The number of amides is 7. The summed E-state index contributed by atoms with van der Waals surface area (Å²) in [5.74, 6) is -17.3. The number of phenols is 5. The van der Waals surface area contributed by atoms with E-state index in [1.54, 1.807) is 0 Å². The van der Waals surface area contributed by atoms with Gasteiger partial charge < -0.3 is 137 Å². The molecular weight excluding hydrogens is 1480 g/mol. The number of hydrogen-bond acceptors (Lipinski definition) is 27. The Hall–Kier alpha value is -11.3. The second kappa shape index (κ2) is 30.7. The van der Waals surface area contributed by atoms with Gasteiger partial charge in [-0.15, -0.1) is 0 Å². The normalized spacial score (nSPS) is 27.6. The number of aliphatic hydroxyl groups is 7. The summed E-state index contributed by atoms with van der Waals surface area (Å²) < 4.78 is 43.0. The maximum Gasteiger partial charge on any atom is 0.330 e. The van der Waals surface area contributed by atoms with Crippen LogP contribution in [0.15, 0.2) is 115 Å². The zero-order valence-electron chi connectivity index (χ0n) is 56.3. The Kier molecular flexibility index (Phi) is 21.4. The summed E-state index contributed by atoms with van der Waals surface area (Å²) in [4.78, 5) is 121. The van der Waals surface area contributed by atoms with Crippen molar-refractivity contribution in [1.29, 1.82) is 0 Å². The fourth-order valence-electron chi connectivity index (χ4n) is 13.4. The minimum absolute atomic E-state index is 0.183. The van der Waals surface area contributed by atoms with Gasteiger partial charge in [0.15, 0.2) is 35.3 Å². The van der Waals surface area contributed by atoms with Gasteiger partial charge in [-0.1, -0.05) is 47.5 Å². The number of hydrogen-bond donors (Lipinski definition) is 20.